The van der Waals surface area contributed by atoms with E-state index in [-0.39, 0.29) is 6.04 Å². The lowest BCUT2D eigenvalue weighted by Crippen LogP contribution is -2.39. The van der Waals surface area contributed by atoms with Gasteiger partial charge in [0.05, 0.1) is 0 Å². The Morgan fingerprint density at radius 2 is 1.69 bits per heavy atom. The van der Waals surface area contributed by atoms with Gasteiger partial charge in [0.25, 0.3) is 0 Å². The van der Waals surface area contributed by atoms with Gasteiger partial charge in [-0.25, -0.2) is 0 Å². The van der Waals surface area contributed by atoms with Crippen molar-refractivity contribution < 1.29 is 4.74 Å². The summed E-state index contributed by atoms with van der Waals surface area (Å²) in [5.74, 6) is 0. The highest BCUT2D eigenvalue weighted by Crippen LogP contribution is 2.01. The van der Waals surface area contributed by atoms with E-state index in [9.17, 15) is 0 Å². The third-order valence-corrected chi connectivity index (χ3v) is 2.84. The van der Waals surface area contributed by atoms with E-state index in [1.807, 2.05) is 0 Å². The molecular weight excluding hydrogens is 200 g/mol. The smallest absolute Gasteiger partial charge is 0.0477 e. The van der Waals surface area contributed by atoms with Crippen LogP contribution in [0.1, 0.15) is 46.0 Å². The average molecular weight is 230 g/mol. The predicted molar refractivity (Wildman–Crippen MR) is 70.7 cm³/mol. The second kappa shape index (κ2) is 11.4. The maximum Gasteiger partial charge on any atom is 0.0477 e. The van der Waals surface area contributed by atoms with Crippen molar-refractivity contribution in [2.45, 2.75) is 52.0 Å². The van der Waals surface area contributed by atoms with Gasteiger partial charge in [0, 0.05) is 26.3 Å². The van der Waals surface area contributed by atoms with Crippen LogP contribution in [0.2, 0.25) is 0 Å². The number of nitrogens with zero attached hydrogens (tertiary/aromatic N) is 1. The zero-order chi connectivity index (χ0) is 12.2. The van der Waals surface area contributed by atoms with E-state index >= 15 is 0 Å². The molecule has 0 aromatic heterocycles. The third kappa shape index (κ3) is 9.13. The third-order valence-electron chi connectivity index (χ3n) is 2.84. The fourth-order valence-corrected chi connectivity index (χ4v) is 1.75. The molecule has 98 valence electrons. The van der Waals surface area contributed by atoms with Crippen LogP contribution in [0.5, 0.6) is 0 Å². The summed E-state index contributed by atoms with van der Waals surface area (Å²) in [7, 11) is 1.73. The van der Waals surface area contributed by atoms with E-state index in [0.29, 0.717) is 0 Å². The minimum atomic E-state index is 0.258. The van der Waals surface area contributed by atoms with Crippen LogP contribution in [-0.2, 0) is 4.74 Å². The Balaban J connectivity index is 3.78. The molecule has 0 saturated carbocycles. The van der Waals surface area contributed by atoms with Crippen molar-refractivity contribution >= 4 is 0 Å². The van der Waals surface area contributed by atoms with E-state index < -0.39 is 0 Å². The summed E-state index contributed by atoms with van der Waals surface area (Å²) in [5, 5.41) is 0. The summed E-state index contributed by atoms with van der Waals surface area (Å²) in [5.41, 5.74) is 6.08. The summed E-state index contributed by atoms with van der Waals surface area (Å²) in [4.78, 5) is 2.51. The molecule has 0 aromatic carbocycles. The lowest BCUT2D eigenvalue weighted by Gasteiger charge is -2.25. The Morgan fingerprint density at radius 3 is 2.12 bits per heavy atom. The fraction of sp³-hybridized carbons (Fsp3) is 1.00. The molecule has 0 aliphatic heterocycles. The van der Waals surface area contributed by atoms with Gasteiger partial charge in [-0.1, -0.05) is 26.7 Å². The van der Waals surface area contributed by atoms with Crippen LogP contribution in [0.3, 0.4) is 0 Å². The number of rotatable bonds is 11. The molecule has 16 heavy (non-hydrogen) atoms. The number of unbranched alkanes of at least 4 members (excludes halogenated alkanes) is 2. The molecule has 0 spiro atoms. The maximum absolute atomic E-state index is 6.08. The predicted octanol–water partition coefficient (Wildman–Crippen LogP) is 2.25. The van der Waals surface area contributed by atoms with Gasteiger partial charge in [0.15, 0.2) is 0 Å². The van der Waals surface area contributed by atoms with Gasteiger partial charge >= 0.3 is 0 Å². The Morgan fingerprint density at radius 1 is 1.12 bits per heavy atom. The van der Waals surface area contributed by atoms with Crippen LogP contribution in [0, 0.1) is 0 Å². The van der Waals surface area contributed by atoms with E-state index in [2.05, 4.69) is 18.7 Å². The van der Waals surface area contributed by atoms with Crippen LogP contribution in [-0.4, -0.2) is 44.3 Å². The summed E-state index contributed by atoms with van der Waals surface area (Å²) >= 11 is 0. The van der Waals surface area contributed by atoms with E-state index in [4.69, 9.17) is 10.5 Å². The van der Waals surface area contributed by atoms with Crippen molar-refractivity contribution in [3.63, 3.8) is 0 Å². The quantitative estimate of drug-likeness (QED) is 0.591. The number of hydrogen-bond donors (Lipinski definition) is 1. The number of hydrogen-bond acceptors (Lipinski definition) is 3. The van der Waals surface area contributed by atoms with E-state index in [0.717, 1.165) is 19.6 Å². The van der Waals surface area contributed by atoms with E-state index in [1.165, 1.54) is 38.8 Å². The summed E-state index contributed by atoms with van der Waals surface area (Å²) in [6, 6.07) is 0.258. The molecule has 1 unspecified atom stereocenters. The molecule has 0 aromatic rings. The average Bonchev–Trinajstić information content (AvgIpc) is 2.30. The molecule has 0 aliphatic carbocycles. The van der Waals surface area contributed by atoms with E-state index in [1.54, 1.807) is 7.11 Å². The molecule has 2 N–H and O–H groups in total. The second-order valence-corrected chi connectivity index (χ2v) is 4.55. The standard InChI is InChI=1S/C13H30N2O/c1-4-6-9-15(10-7-5-2)12-13(14)8-11-16-3/h13H,4-12,14H2,1-3H3. The summed E-state index contributed by atoms with van der Waals surface area (Å²) in [6.07, 6.45) is 6.04. The molecule has 0 bridgehead atoms. The topological polar surface area (TPSA) is 38.5 Å². The van der Waals surface area contributed by atoms with Gasteiger partial charge in [-0.3, -0.25) is 0 Å². The minimum absolute atomic E-state index is 0.258. The Kier molecular flexibility index (Phi) is 11.3. The van der Waals surface area contributed by atoms with Gasteiger partial charge < -0.3 is 15.4 Å². The molecule has 0 fully saturated rings. The highest BCUT2D eigenvalue weighted by atomic mass is 16.5. The first-order chi connectivity index (χ1) is 7.74. The van der Waals surface area contributed by atoms with Gasteiger partial charge in [-0.05, 0) is 32.4 Å². The highest BCUT2D eigenvalue weighted by molar-refractivity contribution is 4.68. The summed E-state index contributed by atoms with van der Waals surface area (Å²) in [6.45, 7) is 8.65. The molecule has 0 amide bonds. The van der Waals surface area contributed by atoms with Crippen LogP contribution in [0.25, 0.3) is 0 Å². The first-order valence-electron chi connectivity index (χ1n) is 6.71. The van der Waals surface area contributed by atoms with Crippen molar-refractivity contribution in [2.75, 3.05) is 33.4 Å². The van der Waals surface area contributed by atoms with Crippen molar-refractivity contribution in [1.29, 1.82) is 0 Å². The first-order valence-corrected chi connectivity index (χ1v) is 6.71. The van der Waals surface area contributed by atoms with Crippen LogP contribution in [0.15, 0.2) is 0 Å². The molecular formula is C13H30N2O. The Labute approximate surface area is 101 Å². The highest BCUT2D eigenvalue weighted by Gasteiger charge is 2.09. The number of methoxy groups -OCH3 is 1. The largest absolute Gasteiger partial charge is 0.385 e. The lowest BCUT2D eigenvalue weighted by atomic mass is 10.2. The molecule has 0 saturated heterocycles. The number of ether oxygens (including phenoxy) is 1. The normalized spacial score (nSPS) is 13.3. The van der Waals surface area contributed by atoms with Crippen molar-refractivity contribution in [3.8, 4) is 0 Å². The molecule has 0 heterocycles. The van der Waals surface area contributed by atoms with Gasteiger partial charge in [-0.2, -0.15) is 0 Å². The van der Waals surface area contributed by atoms with Gasteiger partial charge in [-0.15, -0.1) is 0 Å². The monoisotopic (exact) mass is 230 g/mol. The second-order valence-electron chi connectivity index (χ2n) is 4.55. The zero-order valence-electron chi connectivity index (χ0n) is 11.4. The molecule has 1 atom stereocenters. The lowest BCUT2D eigenvalue weighted by molar-refractivity contribution is 0.173. The Hall–Kier alpha value is -0.120. The van der Waals surface area contributed by atoms with Crippen LogP contribution in [0.4, 0.5) is 0 Å². The minimum Gasteiger partial charge on any atom is -0.385 e. The Bertz CT molecular complexity index is 134. The van der Waals surface area contributed by atoms with Crippen molar-refractivity contribution in [3.05, 3.63) is 0 Å². The maximum atomic E-state index is 6.08. The molecule has 0 aliphatic rings. The zero-order valence-corrected chi connectivity index (χ0v) is 11.4. The van der Waals surface area contributed by atoms with Crippen molar-refractivity contribution in [1.82, 2.24) is 4.90 Å². The first kappa shape index (κ1) is 15.9. The van der Waals surface area contributed by atoms with Crippen molar-refractivity contribution in [2.24, 2.45) is 5.73 Å². The van der Waals surface area contributed by atoms with Crippen LogP contribution < -0.4 is 5.73 Å². The molecule has 3 heteroatoms. The summed E-state index contributed by atoms with van der Waals surface area (Å²) < 4.78 is 5.06. The molecule has 3 nitrogen and oxygen atoms in total. The molecule has 0 rings (SSSR count). The fourth-order valence-electron chi connectivity index (χ4n) is 1.75. The van der Waals surface area contributed by atoms with Gasteiger partial charge in [0.1, 0.15) is 0 Å². The SMILES string of the molecule is CCCCN(CCCC)CC(N)CCOC. The molecule has 0 radical (unpaired) electrons. The van der Waals surface area contributed by atoms with Gasteiger partial charge in [0.2, 0.25) is 0 Å². The van der Waals surface area contributed by atoms with Crippen LogP contribution >= 0.6 is 0 Å². The number of nitrogens with two attached hydrogens (primary N) is 1.